The molecule has 8 heteroatoms. The molecule has 0 aliphatic heterocycles. The molecule has 0 saturated carbocycles. The molecule has 0 aromatic heterocycles. The predicted octanol–water partition coefficient (Wildman–Crippen LogP) is 3.67. The third-order valence-corrected chi connectivity index (χ3v) is 5.40. The number of hydrogen-bond acceptors (Lipinski definition) is 3. The van der Waals surface area contributed by atoms with E-state index in [1.165, 1.54) is 18.2 Å². The minimum atomic E-state index is -4.00. The molecule has 1 aliphatic carbocycles. The molecule has 1 aliphatic rings. The number of benzene rings is 2. The van der Waals surface area contributed by atoms with E-state index in [1.807, 2.05) is 16.9 Å². The Kier molecular flexibility index (Phi) is 4.42. The van der Waals surface area contributed by atoms with Gasteiger partial charge >= 0.3 is 6.03 Å². The molecule has 0 atom stereocenters. The van der Waals surface area contributed by atoms with Crippen LogP contribution in [0.1, 0.15) is 11.1 Å². The standard InChI is InChI=1S/C16H12BrFN2O3S/c17-14-9-12(5-7-15(14)18)19-16(21)20-24(22,23)13-6-4-10-2-1-3-11(10)8-13/h1-2,4-9H,3H2,(H2,19,20,21). The second kappa shape index (κ2) is 6.37. The highest BCUT2D eigenvalue weighted by Gasteiger charge is 2.19. The number of nitrogens with one attached hydrogen (secondary N) is 2. The molecular formula is C16H12BrFN2O3S. The second-order valence-corrected chi connectivity index (χ2v) is 7.69. The van der Waals surface area contributed by atoms with Gasteiger partial charge in [0, 0.05) is 5.69 Å². The zero-order chi connectivity index (χ0) is 17.3. The van der Waals surface area contributed by atoms with Gasteiger partial charge in [0.05, 0.1) is 9.37 Å². The number of anilines is 1. The van der Waals surface area contributed by atoms with E-state index in [-0.39, 0.29) is 15.1 Å². The Balaban J connectivity index is 1.74. The van der Waals surface area contributed by atoms with Crippen molar-refractivity contribution in [1.29, 1.82) is 0 Å². The number of hydrogen-bond donors (Lipinski definition) is 2. The van der Waals surface area contributed by atoms with Crippen molar-refractivity contribution in [2.24, 2.45) is 0 Å². The third-order valence-electron chi connectivity index (χ3n) is 3.46. The minimum Gasteiger partial charge on any atom is -0.307 e. The Labute approximate surface area is 146 Å². The summed E-state index contributed by atoms with van der Waals surface area (Å²) in [6, 6.07) is 7.57. The molecular weight excluding hydrogens is 399 g/mol. The van der Waals surface area contributed by atoms with Gasteiger partial charge in [0.25, 0.3) is 10.0 Å². The maximum atomic E-state index is 13.2. The van der Waals surface area contributed by atoms with Crippen molar-refractivity contribution in [2.75, 3.05) is 5.32 Å². The molecule has 3 rings (SSSR count). The van der Waals surface area contributed by atoms with E-state index in [4.69, 9.17) is 0 Å². The predicted molar refractivity (Wildman–Crippen MR) is 92.6 cm³/mol. The summed E-state index contributed by atoms with van der Waals surface area (Å²) in [5.74, 6) is -0.486. The molecule has 2 aromatic carbocycles. The van der Waals surface area contributed by atoms with Gasteiger partial charge in [-0.3, -0.25) is 0 Å². The molecule has 2 aromatic rings. The zero-order valence-corrected chi connectivity index (χ0v) is 14.6. The van der Waals surface area contributed by atoms with Crippen molar-refractivity contribution in [3.8, 4) is 0 Å². The molecule has 124 valence electrons. The molecule has 0 radical (unpaired) electrons. The number of carbonyl (C=O) groups excluding carboxylic acids is 1. The van der Waals surface area contributed by atoms with Gasteiger partial charge in [0.15, 0.2) is 0 Å². The third kappa shape index (κ3) is 3.49. The van der Waals surface area contributed by atoms with E-state index in [1.54, 1.807) is 12.1 Å². The fourth-order valence-corrected chi connectivity index (χ4v) is 3.65. The molecule has 0 saturated heterocycles. The molecule has 0 unspecified atom stereocenters. The first-order valence-electron chi connectivity index (χ1n) is 6.93. The number of urea groups is 1. The summed E-state index contributed by atoms with van der Waals surface area (Å²) in [5, 5.41) is 2.35. The fourth-order valence-electron chi connectivity index (χ4n) is 2.31. The van der Waals surface area contributed by atoms with Crippen LogP contribution in [0.2, 0.25) is 0 Å². The lowest BCUT2D eigenvalue weighted by molar-refractivity contribution is 0.256. The highest BCUT2D eigenvalue weighted by atomic mass is 79.9. The van der Waals surface area contributed by atoms with Crippen LogP contribution in [0.3, 0.4) is 0 Å². The maximum absolute atomic E-state index is 13.2. The number of allylic oxidation sites excluding steroid dienone is 1. The monoisotopic (exact) mass is 410 g/mol. The molecule has 24 heavy (non-hydrogen) atoms. The summed E-state index contributed by atoms with van der Waals surface area (Å²) in [4.78, 5) is 11.9. The van der Waals surface area contributed by atoms with Crippen LogP contribution in [-0.4, -0.2) is 14.4 Å². The van der Waals surface area contributed by atoms with Crippen molar-refractivity contribution in [3.63, 3.8) is 0 Å². The fraction of sp³-hybridized carbons (Fsp3) is 0.0625. The largest absolute Gasteiger partial charge is 0.333 e. The van der Waals surface area contributed by atoms with E-state index in [2.05, 4.69) is 21.2 Å². The molecule has 0 spiro atoms. The summed E-state index contributed by atoms with van der Waals surface area (Å²) >= 11 is 2.99. The first kappa shape index (κ1) is 16.7. The number of rotatable bonds is 3. The summed E-state index contributed by atoms with van der Waals surface area (Å²) in [7, 11) is -4.00. The number of amides is 2. The average molecular weight is 411 g/mol. The van der Waals surface area contributed by atoms with Crippen LogP contribution in [-0.2, 0) is 16.4 Å². The van der Waals surface area contributed by atoms with Crippen LogP contribution in [0.5, 0.6) is 0 Å². The molecule has 2 amide bonds. The second-order valence-electron chi connectivity index (χ2n) is 5.16. The Hall–Kier alpha value is -2.19. The summed E-state index contributed by atoms with van der Waals surface area (Å²) in [6.45, 7) is 0. The van der Waals surface area contributed by atoms with Crippen LogP contribution in [0.15, 0.2) is 51.8 Å². The first-order chi connectivity index (χ1) is 11.3. The normalized spacial score (nSPS) is 12.8. The molecule has 0 fully saturated rings. The zero-order valence-electron chi connectivity index (χ0n) is 12.2. The molecule has 0 bridgehead atoms. The highest BCUT2D eigenvalue weighted by molar-refractivity contribution is 9.10. The summed E-state index contributed by atoms with van der Waals surface area (Å²) in [6.07, 6.45) is 4.51. The number of sulfonamides is 1. The van der Waals surface area contributed by atoms with Gasteiger partial charge in [-0.25, -0.2) is 22.3 Å². The van der Waals surface area contributed by atoms with Crippen LogP contribution in [0.25, 0.3) is 6.08 Å². The van der Waals surface area contributed by atoms with Crippen LogP contribution in [0, 0.1) is 5.82 Å². The van der Waals surface area contributed by atoms with E-state index in [0.717, 1.165) is 17.2 Å². The number of fused-ring (bicyclic) bond motifs is 1. The van der Waals surface area contributed by atoms with Crippen molar-refractivity contribution in [3.05, 3.63) is 63.9 Å². The Morgan fingerprint density at radius 1 is 1.17 bits per heavy atom. The lowest BCUT2D eigenvalue weighted by atomic mass is 10.1. The van der Waals surface area contributed by atoms with Gasteiger partial charge in [-0.1, -0.05) is 18.2 Å². The van der Waals surface area contributed by atoms with Crippen molar-refractivity contribution < 1.29 is 17.6 Å². The topological polar surface area (TPSA) is 75.3 Å². The lowest BCUT2D eigenvalue weighted by Gasteiger charge is -2.10. The van der Waals surface area contributed by atoms with E-state index < -0.39 is 21.9 Å². The SMILES string of the molecule is O=C(Nc1ccc(F)c(Br)c1)NS(=O)(=O)c1ccc2c(c1)CC=C2. The van der Waals surface area contributed by atoms with Gasteiger partial charge in [0.2, 0.25) is 0 Å². The minimum absolute atomic E-state index is 0.0142. The van der Waals surface area contributed by atoms with Gasteiger partial charge in [-0.2, -0.15) is 0 Å². The number of halogens is 2. The van der Waals surface area contributed by atoms with Gasteiger partial charge in [-0.05, 0) is 63.8 Å². The van der Waals surface area contributed by atoms with E-state index >= 15 is 0 Å². The van der Waals surface area contributed by atoms with Gasteiger partial charge < -0.3 is 5.32 Å². The Bertz CT molecular complexity index is 958. The summed E-state index contributed by atoms with van der Waals surface area (Å²) < 4.78 is 39.8. The summed E-state index contributed by atoms with van der Waals surface area (Å²) in [5.41, 5.74) is 2.12. The van der Waals surface area contributed by atoms with Crippen molar-refractivity contribution >= 4 is 43.7 Å². The van der Waals surface area contributed by atoms with Gasteiger partial charge in [0.1, 0.15) is 5.82 Å². The van der Waals surface area contributed by atoms with Crippen molar-refractivity contribution in [1.82, 2.24) is 4.72 Å². The average Bonchev–Trinajstić information content (AvgIpc) is 2.98. The quantitative estimate of drug-likeness (QED) is 0.810. The van der Waals surface area contributed by atoms with E-state index in [0.29, 0.717) is 6.42 Å². The van der Waals surface area contributed by atoms with E-state index in [9.17, 15) is 17.6 Å². The smallest absolute Gasteiger partial charge is 0.307 e. The Morgan fingerprint density at radius 2 is 1.96 bits per heavy atom. The molecule has 5 nitrogen and oxygen atoms in total. The Morgan fingerprint density at radius 3 is 2.71 bits per heavy atom. The molecule has 0 heterocycles. The first-order valence-corrected chi connectivity index (χ1v) is 9.21. The van der Waals surface area contributed by atoms with Crippen molar-refractivity contribution in [2.45, 2.75) is 11.3 Å². The van der Waals surface area contributed by atoms with Crippen LogP contribution >= 0.6 is 15.9 Å². The highest BCUT2D eigenvalue weighted by Crippen LogP contribution is 2.23. The lowest BCUT2D eigenvalue weighted by Crippen LogP contribution is -2.34. The van der Waals surface area contributed by atoms with Gasteiger partial charge in [-0.15, -0.1) is 0 Å². The van der Waals surface area contributed by atoms with Crippen LogP contribution in [0.4, 0.5) is 14.9 Å². The van der Waals surface area contributed by atoms with Crippen LogP contribution < -0.4 is 10.0 Å². The maximum Gasteiger partial charge on any atom is 0.333 e. The molecule has 2 N–H and O–H groups in total. The number of carbonyl (C=O) groups is 1.